The zero-order chi connectivity index (χ0) is 13.9. The molecule has 4 nitrogen and oxygen atoms in total. The van der Waals surface area contributed by atoms with E-state index in [1.54, 1.807) is 0 Å². The van der Waals surface area contributed by atoms with Crippen LogP contribution in [0.1, 0.15) is 31.2 Å². The lowest BCUT2D eigenvalue weighted by atomic mass is 10.2. The predicted molar refractivity (Wildman–Crippen MR) is 80.1 cm³/mol. The van der Waals surface area contributed by atoms with Gasteiger partial charge in [-0.2, -0.15) is 0 Å². The molecule has 0 bridgehead atoms. The number of amides is 1. The molecule has 0 radical (unpaired) electrons. The SMILES string of the molecule is Nc1cccc(CN(CC(=O)N2CCCC2)C2CC2)c1. The summed E-state index contributed by atoms with van der Waals surface area (Å²) < 4.78 is 0. The van der Waals surface area contributed by atoms with Crippen LogP contribution in [-0.2, 0) is 11.3 Å². The number of carbonyl (C=O) groups excluding carboxylic acids is 1. The Morgan fingerprint density at radius 2 is 2.05 bits per heavy atom. The van der Waals surface area contributed by atoms with E-state index in [0.717, 1.165) is 38.2 Å². The largest absolute Gasteiger partial charge is 0.399 e. The Morgan fingerprint density at radius 1 is 1.30 bits per heavy atom. The molecule has 1 aromatic rings. The zero-order valence-corrected chi connectivity index (χ0v) is 11.9. The van der Waals surface area contributed by atoms with Gasteiger partial charge in [-0.1, -0.05) is 12.1 Å². The molecule has 2 fully saturated rings. The van der Waals surface area contributed by atoms with E-state index in [9.17, 15) is 4.79 Å². The molecule has 0 atom stereocenters. The number of benzene rings is 1. The van der Waals surface area contributed by atoms with Crippen LogP contribution in [0.3, 0.4) is 0 Å². The van der Waals surface area contributed by atoms with Crippen molar-refractivity contribution in [2.24, 2.45) is 0 Å². The van der Waals surface area contributed by atoms with Gasteiger partial charge in [-0.05, 0) is 43.4 Å². The molecule has 1 amide bonds. The van der Waals surface area contributed by atoms with Crippen LogP contribution >= 0.6 is 0 Å². The first kappa shape index (κ1) is 13.4. The van der Waals surface area contributed by atoms with Gasteiger partial charge >= 0.3 is 0 Å². The second kappa shape index (κ2) is 5.83. The van der Waals surface area contributed by atoms with Crippen molar-refractivity contribution in [1.82, 2.24) is 9.80 Å². The van der Waals surface area contributed by atoms with Gasteiger partial charge in [-0.25, -0.2) is 0 Å². The molecule has 3 rings (SSSR count). The van der Waals surface area contributed by atoms with Crippen molar-refractivity contribution in [3.05, 3.63) is 29.8 Å². The van der Waals surface area contributed by atoms with Gasteiger partial charge in [0.15, 0.2) is 0 Å². The fourth-order valence-electron chi connectivity index (χ4n) is 2.92. The lowest BCUT2D eigenvalue weighted by molar-refractivity contribution is -0.131. The molecule has 2 aliphatic rings. The summed E-state index contributed by atoms with van der Waals surface area (Å²) in [6, 6.07) is 8.57. The molecule has 4 heteroatoms. The summed E-state index contributed by atoms with van der Waals surface area (Å²) >= 11 is 0. The third-order valence-electron chi connectivity index (χ3n) is 4.20. The number of rotatable bonds is 5. The molecule has 0 unspecified atom stereocenters. The molecular weight excluding hydrogens is 250 g/mol. The van der Waals surface area contributed by atoms with E-state index >= 15 is 0 Å². The predicted octanol–water partition coefficient (Wildman–Crippen LogP) is 1.86. The first-order valence-electron chi connectivity index (χ1n) is 7.58. The summed E-state index contributed by atoms with van der Waals surface area (Å²) in [5.41, 5.74) is 7.83. The summed E-state index contributed by atoms with van der Waals surface area (Å²) in [4.78, 5) is 16.6. The Morgan fingerprint density at radius 3 is 2.70 bits per heavy atom. The van der Waals surface area contributed by atoms with Crippen LogP contribution in [0, 0.1) is 0 Å². The fraction of sp³-hybridized carbons (Fsp3) is 0.562. The average Bonchev–Trinajstić information content (AvgIpc) is 3.12. The van der Waals surface area contributed by atoms with Gasteiger partial charge in [0.1, 0.15) is 0 Å². The van der Waals surface area contributed by atoms with Crippen molar-refractivity contribution in [2.45, 2.75) is 38.3 Å². The van der Waals surface area contributed by atoms with Crippen LogP contribution in [0.2, 0.25) is 0 Å². The van der Waals surface area contributed by atoms with E-state index < -0.39 is 0 Å². The van der Waals surface area contributed by atoms with Gasteiger partial charge in [-0.15, -0.1) is 0 Å². The third kappa shape index (κ3) is 3.31. The van der Waals surface area contributed by atoms with Gasteiger partial charge < -0.3 is 10.6 Å². The quantitative estimate of drug-likeness (QED) is 0.833. The molecule has 1 saturated heterocycles. The Balaban J connectivity index is 1.62. The Bertz CT molecular complexity index is 478. The van der Waals surface area contributed by atoms with Crippen LogP contribution in [0.4, 0.5) is 5.69 Å². The standard InChI is InChI=1S/C16H23N3O/c17-14-5-3-4-13(10-14)11-19(15-6-7-15)12-16(20)18-8-1-2-9-18/h3-5,10,15H,1-2,6-9,11-12,17H2. The highest BCUT2D eigenvalue weighted by molar-refractivity contribution is 5.78. The summed E-state index contributed by atoms with van der Waals surface area (Å²) in [7, 11) is 0. The first-order chi connectivity index (χ1) is 9.72. The monoisotopic (exact) mass is 273 g/mol. The maximum Gasteiger partial charge on any atom is 0.236 e. The van der Waals surface area contributed by atoms with Crippen molar-refractivity contribution in [2.75, 3.05) is 25.4 Å². The van der Waals surface area contributed by atoms with Crippen molar-refractivity contribution < 1.29 is 4.79 Å². The number of likely N-dealkylation sites (tertiary alicyclic amines) is 1. The third-order valence-corrected chi connectivity index (χ3v) is 4.20. The summed E-state index contributed by atoms with van der Waals surface area (Å²) in [5, 5.41) is 0. The molecule has 1 saturated carbocycles. The minimum Gasteiger partial charge on any atom is -0.399 e. The van der Waals surface area contributed by atoms with E-state index in [4.69, 9.17) is 5.73 Å². The van der Waals surface area contributed by atoms with Crippen LogP contribution in [-0.4, -0.2) is 41.4 Å². The van der Waals surface area contributed by atoms with Gasteiger partial charge in [0.05, 0.1) is 6.54 Å². The molecule has 0 aromatic heterocycles. The van der Waals surface area contributed by atoms with Gasteiger partial charge in [0.2, 0.25) is 5.91 Å². The summed E-state index contributed by atoms with van der Waals surface area (Å²) in [5.74, 6) is 0.290. The Hall–Kier alpha value is -1.55. The van der Waals surface area contributed by atoms with Crippen molar-refractivity contribution in [1.29, 1.82) is 0 Å². The van der Waals surface area contributed by atoms with E-state index in [2.05, 4.69) is 11.0 Å². The number of anilines is 1. The molecule has 20 heavy (non-hydrogen) atoms. The topological polar surface area (TPSA) is 49.6 Å². The molecule has 1 aromatic carbocycles. The number of hydrogen-bond acceptors (Lipinski definition) is 3. The lowest BCUT2D eigenvalue weighted by Crippen LogP contribution is -2.39. The molecule has 108 valence electrons. The van der Waals surface area contributed by atoms with Crippen LogP contribution in [0.5, 0.6) is 0 Å². The van der Waals surface area contributed by atoms with Crippen molar-refractivity contribution in [3.63, 3.8) is 0 Å². The number of nitrogens with two attached hydrogens (primary N) is 1. The summed E-state index contributed by atoms with van der Waals surface area (Å²) in [6.45, 7) is 3.26. The minimum absolute atomic E-state index is 0.290. The van der Waals surface area contributed by atoms with Crippen molar-refractivity contribution >= 4 is 11.6 Å². The Labute approximate surface area is 120 Å². The fourth-order valence-corrected chi connectivity index (χ4v) is 2.92. The second-order valence-electron chi connectivity index (χ2n) is 5.97. The van der Waals surface area contributed by atoms with Gasteiger partial charge in [0.25, 0.3) is 0 Å². The molecule has 0 spiro atoms. The molecule has 1 aliphatic heterocycles. The van der Waals surface area contributed by atoms with E-state index in [0.29, 0.717) is 18.5 Å². The van der Waals surface area contributed by atoms with Crippen LogP contribution in [0.25, 0.3) is 0 Å². The van der Waals surface area contributed by atoms with Crippen molar-refractivity contribution in [3.8, 4) is 0 Å². The normalized spacial score (nSPS) is 18.8. The Kier molecular flexibility index (Phi) is 3.92. The number of carbonyl (C=O) groups is 1. The lowest BCUT2D eigenvalue weighted by Gasteiger charge is -2.24. The first-order valence-corrected chi connectivity index (χ1v) is 7.58. The summed E-state index contributed by atoms with van der Waals surface area (Å²) in [6.07, 6.45) is 4.75. The maximum absolute atomic E-state index is 12.3. The smallest absolute Gasteiger partial charge is 0.236 e. The number of hydrogen-bond donors (Lipinski definition) is 1. The van der Waals surface area contributed by atoms with Crippen LogP contribution in [0.15, 0.2) is 24.3 Å². The van der Waals surface area contributed by atoms with Gasteiger partial charge in [0, 0.05) is 31.4 Å². The number of nitrogens with zero attached hydrogens (tertiary/aromatic N) is 2. The van der Waals surface area contributed by atoms with E-state index in [1.807, 2.05) is 23.1 Å². The van der Waals surface area contributed by atoms with E-state index in [-0.39, 0.29) is 0 Å². The maximum atomic E-state index is 12.3. The zero-order valence-electron chi connectivity index (χ0n) is 11.9. The highest BCUT2D eigenvalue weighted by Crippen LogP contribution is 2.28. The van der Waals surface area contributed by atoms with Gasteiger partial charge in [-0.3, -0.25) is 9.69 Å². The molecule has 1 heterocycles. The molecule has 1 aliphatic carbocycles. The van der Waals surface area contributed by atoms with E-state index in [1.165, 1.54) is 18.4 Å². The highest BCUT2D eigenvalue weighted by Gasteiger charge is 2.31. The minimum atomic E-state index is 0.290. The second-order valence-corrected chi connectivity index (χ2v) is 5.97. The number of nitrogen functional groups attached to an aromatic ring is 1. The molecular formula is C16H23N3O. The average molecular weight is 273 g/mol. The van der Waals surface area contributed by atoms with Crippen LogP contribution < -0.4 is 5.73 Å². The molecule has 2 N–H and O–H groups in total. The highest BCUT2D eigenvalue weighted by atomic mass is 16.2.